The number of rotatable bonds is 1. The van der Waals surface area contributed by atoms with E-state index < -0.39 is 33.1 Å². The molecule has 2 aromatic carbocycles. The molecular weight excluding hydrogens is 576 g/mol. The lowest BCUT2D eigenvalue weighted by molar-refractivity contribution is -0.143. The number of ether oxygens (including phenoxy) is 1. The number of allylic oxidation sites excluding steroid dienone is 1. The molecule has 0 spiro atoms. The Kier molecular flexibility index (Phi) is 9.18. The maximum atomic E-state index is 13.3. The number of carboxylic acid groups (broad SMARTS) is 1. The number of nitrogens with one attached hydrogen (secondary N) is 1. The lowest BCUT2D eigenvalue weighted by Gasteiger charge is -2.43. The molecule has 1 amide bonds. The van der Waals surface area contributed by atoms with E-state index in [-0.39, 0.29) is 23.3 Å². The van der Waals surface area contributed by atoms with Gasteiger partial charge in [0.2, 0.25) is 10.0 Å². The van der Waals surface area contributed by atoms with Crippen LogP contribution in [0.1, 0.15) is 67.4 Å². The minimum Gasteiger partial charge on any atom is -0.487 e. The third-order valence-electron chi connectivity index (χ3n) is 9.29. The summed E-state index contributed by atoms with van der Waals surface area (Å²) < 4.78 is 34.9. The summed E-state index contributed by atoms with van der Waals surface area (Å²) in [5.74, 6) is -1.77. The fourth-order valence-electron chi connectivity index (χ4n) is 6.28. The number of anilines is 1. The number of carboxylic acids is 1. The van der Waals surface area contributed by atoms with E-state index in [1.807, 2.05) is 18.2 Å². The fourth-order valence-corrected chi connectivity index (χ4v) is 7.76. The number of hydrogen-bond acceptors (Lipinski definition) is 6. The molecule has 10 heteroatoms. The molecule has 2 aromatic rings. The van der Waals surface area contributed by atoms with Gasteiger partial charge in [-0.25, -0.2) is 13.1 Å². The molecule has 3 aliphatic rings. The van der Waals surface area contributed by atoms with Crippen LogP contribution in [-0.4, -0.2) is 43.7 Å². The molecule has 2 aliphatic heterocycles. The summed E-state index contributed by atoms with van der Waals surface area (Å²) in [5, 5.41) is 9.95. The van der Waals surface area contributed by atoms with Gasteiger partial charge in [-0.1, -0.05) is 36.7 Å². The van der Waals surface area contributed by atoms with Gasteiger partial charge in [0.15, 0.2) is 0 Å². The maximum Gasteiger partial charge on any atom is 0.310 e. The van der Waals surface area contributed by atoms with Gasteiger partial charge in [0.1, 0.15) is 12.4 Å². The molecule has 42 heavy (non-hydrogen) atoms. The van der Waals surface area contributed by atoms with Crippen LogP contribution in [0.2, 0.25) is 5.02 Å². The minimum atomic E-state index is -3.98. The second-order valence-corrected chi connectivity index (χ2v) is 14.4. The van der Waals surface area contributed by atoms with E-state index in [1.54, 1.807) is 44.2 Å². The van der Waals surface area contributed by atoms with Gasteiger partial charge in [-0.15, -0.1) is 0 Å². The summed E-state index contributed by atoms with van der Waals surface area (Å²) in [5.41, 5.74) is 3.12. The van der Waals surface area contributed by atoms with Crippen LogP contribution in [0.4, 0.5) is 5.69 Å². The largest absolute Gasteiger partial charge is 0.487 e. The van der Waals surface area contributed by atoms with Gasteiger partial charge < -0.3 is 14.7 Å². The standard InChI is InChI=1S/C32H39ClN2O6S/c1-20-6-5-8-28(32(37)38)27-13-10-24(27)18-35-15-4-3-7-22-16-26(33)12-9-25(22)19-41-30-14-11-23(17-29(30)35)31(36)34-42(39,40)21(20)2/h5,8-9,11-12,14,16-17,20-21,24,27-28H,3-4,6-7,10,13,15,18-19H2,1-2H3,(H,34,36)(H,37,38)/b8-5+/t20-,21+,24-,27+,28?/m0/s1. The maximum absolute atomic E-state index is 13.3. The monoisotopic (exact) mass is 614 g/mol. The molecule has 1 unspecified atom stereocenters. The predicted octanol–water partition coefficient (Wildman–Crippen LogP) is 5.83. The van der Waals surface area contributed by atoms with Crippen LogP contribution in [-0.2, 0) is 27.8 Å². The summed E-state index contributed by atoms with van der Waals surface area (Å²) >= 11 is 6.29. The number of aryl methyl sites for hydroxylation is 1. The zero-order chi connectivity index (χ0) is 30.0. The second kappa shape index (κ2) is 12.7. The molecule has 2 bridgehead atoms. The summed E-state index contributed by atoms with van der Waals surface area (Å²) in [6.45, 7) is 4.99. The molecule has 5 atom stereocenters. The van der Waals surface area contributed by atoms with Crippen LogP contribution in [0.15, 0.2) is 48.6 Å². The Balaban J connectivity index is 1.56. The molecule has 1 saturated carbocycles. The third-order valence-corrected chi connectivity index (χ3v) is 11.4. The van der Waals surface area contributed by atoms with Gasteiger partial charge in [0, 0.05) is 23.7 Å². The Labute approximate surface area is 253 Å². The molecule has 2 N–H and O–H groups in total. The average molecular weight is 615 g/mol. The van der Waals surface area contributed by atoms with Crippen LogP contribution in [0.3, 0.4) is 0 Å². The van der Waals surface area contributed by atoms with Gasteiger partial charge in [0.25, 0.3) is 5.91 Å². The number of carbonyl (C=O) groups is 2. The highest BCUT2D eigenvalue weighted by Crippen LogP contribution is 2.43. The number of halogens is 1. The van der Waals surface area contributed by atoms with Gasteiger partial charge in [-0.3, -0.25) is 9.59 Å². The first-order chi connectivity index (χ1) is 20.0. The van der Waals surface area contributed by atoms with Crippen molar-refractivity contribution in [3.8, 4) is 5.75 Å². The second-order valence-electron chi connectivity index (χ2n) is 12.0. The zero-order valence-corrected chi connectivity index (χ0v) is 25.7. The van der Waals surface area contributed by atoms with E-state index in [4.69, 9.17) is 16.3 Å². The van der Waals surface area contributed by atoms with Crippen LogP contribution < -0.4 is 14.4 Å². The van der Waals surface area contributed by atoms with Gasteiger partial charge in [-0.05, 0) is 105 Å². The number of benzene rings is 2. The SMILES string of the molecule is C[C@@H]1[C@@H](C)C/C=C/C(C(=O)O)[C@@H]2CC[C@H]2CN2CCCCc3cc(Cl)ccc3COc3ccc(cc32)C(=O)NS1(=O)=O. The Hall–Kier alpha value is -3.04. The van der Waals surface area contributed by atoms with E-state index >= 15 is 0 Å². The molecule has 8 nitrogen and oxygen atoms in total. The summed E-state index contributed by atoms with van der Waals surface area (Å²) in [7, 11) is -3.98. The zero-order valence-electron chi connectivity index (χ0n) is 24.1. The van der Waals surface area contributed by atoms with Gasteiger partial charge in [-0.2, -0.15) is 0 Å². The molecule has 0 radical (unpaired) electrons. The van der Waals surface area contributed by atoms with Crippen LogP contribution in [0.25, 0.3) is 0 Å². The van der Waals surface area contributed by atoms with Crippen molar-refractivity contribution in [2.45, 2.75) is 64.2 Å². The summed E-state index contributed by atoms with van der Waals surface area (Å²) in [6.07, 6.45) is 8.31. The van der Waals surface area contributed by atoms with E-state index in [1.165, 1.54) is 0 Å². The Morgan fingerprint density at radius 2 is 1.90 bits per heavy atom. The first-order valence-electron chi connectivity index (χ1n) is 14.8. The number of sulfonamides is 1. The lowest BCUT2D eigenvalue weighted by Crippen LogP contribution is -2.43. The normalized spacial score (nSPS) is 28.9. The smallest absolute Gasteiger partial charge is 0.310 e. The van der Waals surface area contributed by atoms with Crippen molar-refractivity contribution >= 4 is 39.2 Å². The Morgan fingerprint density at radius 3 is 2.64 bits per heavy atom. The first-order valence-corrected chi connectivity index (χ1v) is 16.7. The number of aliphatic carboxylic acids is 1. The van der Waals surface area contributed by atoms with Crippen molar-refractivity contribution in [3.63, 3.8) is 0 Å². The molecular formula is C32H39ClN2O6S. The molecule has 5 rings (SSSR count). The molecule has 226 valence electrons. The number of carbonyl (C=O) groups excluding carboxylic acids is 1. The fraction of sp³-hybridized carbons (Fsp3) is 0.500. The highest BCUT2D eigenvalue weighted by molar-refractivity contribution is 7.90. The summed E-state index contributed by atoms with van der Waals surface area (Å²) in [4.78, 5) is 27.8. The number of fused-ring (bicyclic) bond motifs is 3. The van der Waals surface area contributed by atoms with Crippen LogP contribution >= 0.6 is 11.6 Å². The number of nitrogens with zero attached hydrogens (tertiary/aromatic N) is 1. The Bertz CT molecular complexity index is 1480. The van der Waals surface area contributed by atoms with Crippen molar-refractivity contribution in [1.82, 2.24) is 4.72 Å². The molecule has 1 fully saturated rings. The highest BCUT2D eigenvalue weighted by Gasteiger charge is 2.40. The van der Waals surface area contributed by atoms with E-state index in [0.29, 0.717) is 42.6 Å². The average Bonchev–Trinajstić information content (AvgIpc) is 2.96. The predicted molar refractivity (Wildman–Crippen MR) is 163 cm³/mol. The summed E-state index contributed by atoms with van der Waals surface area (Å²) in [6, 6.07) is 10.8. The van der Waals surface area contributed by atoms with Gasteiger partial charge >= 0.3 is 5.97 Å². The number of amides is 1. The molecule has 0 saturated heterocycles. The van der Waals surface area contributed by atoms with Crippen molar-refractivity contribution in [2.75, 3.05) is 18.0 Å². The topological polar surface area (TPSA) is 113 Å². The van der Waals surface area contributed by atoms with E-state index in [0.717, 1.165) is 43.2 Å². The van der Waals surface area contributed by atoms with E-state index in [2.05, 4.69) is 9.62 Å². The highest BCUT2D eigenvalue weighted by atomic mass is 35.5. The quantitative estimate of drug-likeness (QED) is 0.388. The van der Waals surface area contributed by atoms with Crippen LogP contribution in [0, 0.1) is 23.7 Å². The van der Waals surface area contributed by atoms with E-state index in [9.17, 15) is 23.1 Å². The van der Waals surface area contributed by atoms with Crippen molar-refractivity contribution in [2.24, 2.45) is 23.7 Å². The molecule has 1 aliphatic carbocycles. The van der Waals surface area contributed by atoms with Gasteiger partial charge in [0.05, 0.1) is 16.9 Å². The van der Waals surface area contributed by atoms with Crippen LogP contribution in [0.5, 0.6) is 5.75 Å². The number of hydrogen-bond donors (Lipinski definition) is 2. The van der Waals surface area contributed by atoms with Crippen molar-refractivity contribution in [1.29, 1.82) is 0 Å². The third kappa shape index (κ3) is 6.62. The lowest BCUT2D eigenvalue weighted by atomic mass is 9.66. The first kappa shape index (κ1) is 30.4. The molecule has 2 heterocycles. The van der Waals surface area contributed by atoms with Crippen molar-refractivity contribution in [3.05, 3.63) is 70.3 Å². The van der Waals surface area contributed by atoms with Crippen molar-refractivity contribution < 1.29 is 27.9 Å². The Morgan fingerprint density at radius 1 is 1.10 bits per heavy atom. The minimum absolute atomic E-state index is 0.0245. The molecule has 0 aromatic heterocycles.